The van der Waals surface area contributed by atoms with E-state index >= 15 is 0 Å². The molecule has 0 atom stereocenters. The van der Waals surface area contributed by atoms with E-state index in [4.69, 9.17) is 20.8 Å². The summed E-state index contributed by atoms with van der Waals surface area (Å²) in [5, 5.41) is 7.67. The van der Waals surface area contributed by atoms with Crippen molar-refractivity contribution in [1.29, 1.82) is 0 Å². The lowest BCUT2D eigenvalue weighted by atomic mass is 9.99. The van der Waals surface area contributed by atoms with E-state index in [9.17, 15) is 18.0 Å². The van der Waals surface area contributed by atoms with Crippen molar-refractivity contribution in [3.05, 3.63) is 69.8 Å². The molecule has 168 valence electrons. The number of ether oxygens (including phenoxy) is 1. The Bertz CT molecular complexity index is 1100. The molecule has 0 spiro atoms. The number of hydrogen-bond donors (Lipinski definition) is 0. The van der Waals surface area contributed by atoms with E-state index in [0.29, 0.717) is 11.1 Å². The number of carbonyl (C=O) groups is 1. The average Bonchev–Trinajstić information content (AvgIpc) is 2.77. The van der Waals surface area contributed by atoms with Crippen LogP contribution in [0.5, 0.6) is 0 Å². The third-order valence-electron chi connectivity index (χ3n) is 4.48. The molecule has 0 saturated carbocycles. The highest BCUT2D eigenvalue weighted by atomic mass is 19.4. The van der Waals surface area contributed by atoms with Gasteiger partial charge in [-0.3, -0.25) is 0 Å². The molecule has 0 fully saturated rings. The number of methoxy groups -OCH3 is 1. The third kappa shape index (κ3) is 5.88. The van der Waals surface area contributed by atoms with Crippen molar-refractivity contribution in [1.82, 2.24) is 0 Å². The lowest BCUT2D eigenvalue weighted by Crippen LogP contribution is -2.20. The van der Waals surface area contributed by atoms with Gasteiger partial charge in [-0.2, -0.15) is 13.2 Å². The summed E-state index contributed by atoms with van der Waals surface area (Å²) in [6.07, 6.45) is 0.730. The third-order valence-corrected chi connectivity index (χ3v) is 4.48. The second-order valence-electron chi connectivity index (χ2n) is 6.61. The zero-order valence-corrected chi connectivity index (χ0v) is 17.9. The van der Waals surface area contributed by atoms with Gasteiger partial charge in [-0.05, 0) is 37.6 Å². The summed E-state index contributed by atoms with van der Waals surface area (Å²) in [5.41, 5.74) is 1.28. The van der Waals surface area contributed by atoms with E-state index in [0.717, 1.165) is 17.7 Å². The molecule has 0 aliphatic heterocycles. The maximum absolute atomic E-state index is 13.1. The number of nitrogens with zero attached hydrogens (tertiary/aromatic N) is 2. The van der Waals surface area contributed by atoms with Gasteiger partial charge in [-0.15, -0.1) is 6.42 Å². The molecule has 0 N–H and O–H groups in total. The summed E-state index contributed by atoms with van der Waals surface area (Å²) in [6.45, 7) is 3.22. The summed E-state index contributed by atoms with van der Waals surface area (Å²) in [6, 6.07) is 8.41. The normalized spacial score (nSPS) is 12.2. The Morgan fingerprint density at radius 1 is 1.16 bits per heavy atom. The first-order valence-electron chi connectivity index (χ1n) is 9.26. The van der Waals surface area contributed by atoms with Gasteiger partial charge in [-0.25, -0.2) is 4.79 Å². The number of hydrogen-bond acceptors (Lipinski definition) is 6. The Balaban J connectivity index is 2.35. The molecule has 2 rings (SSSR count). The molecule has 9 heteroatoms. The van der Waals surface area contributed by atoms with Gasteiger partial charge in [0.25, 0.3) is 0 Å². The molecule has 0 heterocycles. The lowest BCUT2D eigenvalue weighted by Gasteiger charge is -2.13. The zero-order chi connectivity index (χ0) is 23.9. The Labute approximate surface area is 183 Å². The molecule has 0 aliphatic rings. The number of carbonyl (C=O) groups excluding carboxylic acids is 1. The molecule has 0 saturated heterocycles. The van der Waals surface area contributed by atoms with E-state index in [1.807, 2.05) is 0 Å². The maximum atomic E-state index is 13.1. The van der Waals surface area contributed by atoms with Gasteiger partial charge in [0, 0.05) is 22.3 Å². The van der Waals surface area contributed by atoms with Crippen LogP contribution in [-0.2, 0) is 32.0 Å². The van der Waals surface area contributed by atoms with Crippen LogP contribution in [0.25, 0.3) is 0 Å². The number of aryl methyl sites for hydroxylation is 1. The second-order valence-corrected chi connectivity index (χ2v) is 6.61. The summed E-state index contributed by atoms with van der Waals surface area (Å²) in [5.74, 6) is 1.50. The highest BCUT2D eigenvalue weighted by Crippen LogP contribution is 2.31. The average molecular weight is 446 g/mol. The SMILES string of the molecule is C#Cc1cc(/C(C)=N/OCc2c(C)cccc2/C(=N\OC)C(=O)OC)cc(C(F)(F)F)c1. The Kier molecular flexibility index (Phi) is 8.02. The van der Waals surface area contributed by atoms with Crippen molar-refractivity contribution < 1.29 is 32.4 Å². The molecular weight excluding hydrogens is 425 g/mol. The number of alkyl halides is 3. The van der Waals surface area contributed by atoms with Gasteiger partial charge < -0.3 is 14.4 Å². The summed E-state index contributed by atoms with van der Waals surface area (Å²) < 4.78 is 44.2. The van der Waals surface area contributed by atoms with Crippen LogP contribution < -0.4 is 0 Å². The van der Waals surface area contributed by atoms with Gasteiger partial charge in [-0.1, -0.05) is 34.4 Å². The smallest absolute Gasteiger partial charge is 0.416 e. The van der Waals surface area contributed by atoms with E-state index in [1.165, 1.54) is 27.2 Å². The summed E-state index contributed by atoms with van der Waals surface area (Å²) in [7, 11) is 2.51. The fourth-order valence-corrected chi connectivity index (χ4v) is 2.83. The van der Waals surface area contributed by atoms with Crippen LogP contribution in [-0.4, -0.2) is 31.6 Å². The standard InChI is InChI=1S/C23H21F3N2O4/c1-6-16-10-17(12-18(11-16)23(24,25)26)15(3)27-32-13-20-14(2)8-7-9-19(20)21(28-31-5)22(29)30-4/h1,7-12H,13H2,2-5H3/b27-15+,28-21+. The predicted octanol–water partition coefficient (Wildman–Crippen LogP) is 4.46. The monoisotopic (exact) mass is 446 g/mol. The van der Waals surface area contributed by atoms with Gasteiger partial charge in [0.05, 0.1) is 18.4 Å². The van der Waals surface area contributed by atoms with Crippen molar-refractivity contribution in [3.8, 4) is 12.3 Å². The van der Waals surface area contributed by atoms with Gasteiger partial charge in [0.15, 0.2) is 5.71 Å². The molecule has 2 aromatic carbocycles. The van der Waals surface area contributed by atoms with Crippen LogP contribution in [0.2, 0.25) is 0 Å². The van der Waals surface area contributed by atoms with Crippen molar-refractivity contribution >= 4 is 17.4 Å². The van der Waals surface area contributed by atoms with Crippen molar-refractivity contribution in [3.63, 3.8) is 0 Å². The first-order chi connectivity index (χ1) is 15.1. The molecule has 0 radical (unpaired) electrons. The molecule has 0 unspecified atom stereocenters. The Morgan fingerprint density at radius 2 is 1.88 bits per heavy atom. The summed E-state index contributed by atoms with van der Waals surface area (Å²) >= 11 is 0. The highest BCUT2D eigenvalue weighted by Gasteiger charge is 2.31. The highest BCUT2D eigenvalue weighted by molar-refractivity contribution is 6.43. The lowest BCUT2D eigenvalue weighted by molar-refractivity contribution is -0.137. The molecular formula is C23H21F3N2O4. The number of benzene rings is 2. The van der Waals surface area contributed by atoms with E-state index in [1.54, 1.807) is 25.1 Å². The van der Waals surface area contributed by atoms with E-state index in [-0.39, 0.29) is 29.2 Å². The molecule has 6 nitrogen and oxygen atoms in total. The first-order valence-corrected chi connectivity index (χ1v) is 9.26. The molecule has 0 aromatic heterocycles. The first kappa shape index (κ1) is 24.5. The van der Waals surface area contributed by atoms with Crippen LogP contribution in [0.3, 0.4) is 0 Å². The molecule has 0 bridgehead atoms. The maximum Gasteiger partial charge on any atom is 0.416 e. The van der Waals surface area contributed by atoms with Crippen LogP contribution in [0.4, 0.5) is 13.2 Å². The van der Waals surface area contributed by atoms with Crippen molar-refractivity contribution in [2.45, 2.75) is 26.6 Å². The van der Waals surface area contributed by atoms with Crippen molar-refractivity contribution in [2.75, 3.05) is 14.2 Å². The zero-order valence-electron chi connectivity index (χ0n) is 17.9. The fraction of sp³-hybridized carbons (Fsp3) is 0.261. The minimum absolute atomic E-state index is 0.0606. The topological polar surface area (TPSA) is 69.5 Å². The van der Waals surface area contributed by atoms with Gasteiger partial charge in [0.1, 0.15) is 13.7 Å². The van der Waals surface area contributed by atoms with Gasteiger partial charge in [0.2, 0.25) is 0 Å². The minimum atomic E-state index is -4.55. The van der Waals surface area contributed by atoms with Crippen molar-refractivity contribution in [2.24, 2.45) is 10.3 Å². The predicted molar refractivity (Wildman–Crippen MR) is 113 cm³/mol. The van der Waals surface area contributed by atoms with Crippen LogP contribution in [0.15, 0.2) is 46.7 Å². The number of esters is 1. The number of rotatable bonds is 7. The van der Waals surface area contributed by atoms with Crippen LogP contribution in [0, 0.1) is 19.3 Å². The number of halogens is 3. The Hall–Kier alpha value is -3.80. The molecule has 2 aromatic rings. The molecule has 0 aliphatic carbocycles. The largest absolute Gasteiger partial charge is 0.464 e. The van der Waals surface area contributed by atoms with E-state index < -0.39 is 17.7 Å². The molecule has 32 heavy (non-hydrogen) atoms. The number of oxime groups is 2. The molecule has 0 amide bonds. The second kappa shape index (κ2) is 10.5. The van der Waals surface area contributed by atoms with Crippen LogP contribution in [0.1, 0.15) is 40.3 Å². The number of terminal acetylenes is 1. The van der Waals surface area contributed by atoms with Gasteiger partial charge >= 0.3 is 12.1 Å². The summed E-state index contributed by atoms with van der Waals surface area (Å²) in [4.78, 5) is 22.2. The quantitative estimate of drug-likeness (QED) is 0.273. The van der Waals surface area contributed by atoms with Crippen LogP contribution >= 0.6 is 0 Å². The van der Waals surface area contributed by atoms with E-state index in [2.05, 4.69) is 16.2 Å². The Morgan fingerprint density at radius 3 is 2.47 bits per heavy atom. The minimum Gasteiger partial charge on any atom is -0.464 e. The fourth-order valence-electron chi connectivity index (χ4n) is 2.83.